The molecule has 0 radical (unpaired) electrons. The number of carbonyl (C=O) groups excluding carboxylic acids is 2. The fourth-order valence-electron chi connectivity index (χ4n) is 4.80. The number of carbonyl (C=O) groups is 2. The highest BCUT2D eigenvalue weighted by atomic mass is 19.1. The third-order valence-electron chi connectivity index (χ3n) is 6.90. The van der Waals surface area contributed by atoms with Crippen molar-refractivity contribution >= 4 is 23.6 Å². The standard InChI is InChI=1S/C31H29F2N5O3/c1-21-15-25(33)6-5-23(21)4-3-22-16-29(38(17-22)30(39)18-37-20-36(2)19-34-37)31(40)35-26-9-13-28(14-10-26)41-27-11-7-24(32)8-12-27/h3-15,19-20,22,29H,16-18H2,1-2H3/p+1. The number of nitrogens with zero attached hydrogens (tertiary/aromatic N) is 4. The number of aromatic nitrogens is 3. The molecule has 2 heterocycles. The minimum Gasteiger partial charge on any atom is -0.457 e. The minimum atomic E-state index is -0.689. The molecule has 0 saturated carbocycles. The molecule has 1 aromatic heterocycles. The Morgan fingerprint density at radius 3 is 2.39 bits per heavy atom. The molecule has 2 amide bonds. The van der Waals surface area contributed by atoms with Crippen LogP contribution in [0.4, 0.5) is 14.5 Å². The Morgan fingerprint density at radius 2 is 1.73 bits per heavy atom. The first kappa shape index (κ1) is 27.7. The molecule has 41 heavy (non-hydrogen) atoms. The van der Waals surface area contributed by atoms with Crippen molar-refractivity contribution in [1.82, 2.24) is 14.7 Å². The summed E-state index contributed by atoms with van der Waals surface area (Å²) in [6.45, 7) is 2.21. The average molecular weight is 559 g/mol. The monoisotopic (exact) mass is 558 g/mol. The number of amides is 2. The molecular formula is C31H30F2N5O3+. The maximum atomic E-state index is 13.5. The summed E-state index contributed by atoms with van der Waals surface area (Å²) in [4.78, 5) is 28.3. The lowest BCUT2D eigenvalue weighted by Crippen LogP contribution is -2.44. The van der Waals surface area contributed by atoms with Gasteiger partial charge >= 0.3 is 0 Å². The zero-order valence-corrected chi connectivity index (χ0v) is 22.7. The van der Waals surface area contributed by atoms with Crippen LogP contribution in [-0.2, 0) is 23.2 Å². The molecule has 0 bridgehead atoms. The van der Waals surface area contributed by atoms with Gasteiger partial charge in [-0.2, -0.15) is 0 Å². The summed E-state index contributed by atoms with van der Waals surface area (Å²) in [7, 11) is 1.81. The van der Waals surface area contributed by atoms with E-state index < -0.39 is 6.04 Å². The van der Waals surface area contributed by atoms with Gasteiger partial charge in [0.2, 0.25) is 12.2 Å². The number of aryl methyl sites for hydroxylation is 2. The maximum Gasteiger partial charge on any atom is 0.264 e. The van der Waals surface area contributed by atoms with Gasteiger partial charge in [-0.15, -0.1) is 4.68 Å². The molecule has 1 saturated heterocycles. The summed E-state index contributed by atoms with van der Waals surface area (Å²) in [5.41, 5.74) is 2.23. The highest BCUT2D eigenvalue weighted by molar-refractivity contribution is 5.97. The van der Waals surface area contributed by atoms with Crippen LogP contribution in [0, 0.1) is 24.5 Å². The van der Waals surface area contributed by atoms with E-state index in [-0.39, 0.29) is 35.9 Å². The van der Waals surface area contributed by atoms with Crippen LogP contribution in [0.25, 0.3) is 6.08 Å². The van der Waals surface area contributed by atoms with Crippen molar-refractivity contribution in [2.45, 2.75) is 25.9 Å². The zero-order valence-electron chi connectivity index (χ0n) is 22.7. The number of benzene rings is 3. The quantitative estimate of drug-likeness (QED) is 0.319. The molecule has 5 rings (SSSR count). The van der Waals surface area contributed by atoms with Crippen molar-refractivity contribution in [2.75, 3.05) is 11.9 Å². The third-order valence-corrected chi connectivity index (χ3v) is 6.90. The molecule has 10 heteroatoms. The van der Waals surface area contributed by atoms with E-state index in [1.165, 1.54) is 41.1 Å². The number of hydrogen-bond donors (Lipinski definition) is 1. The molecule has 1 aliphatic rings. The number of halogens is 2. The highest BCUT2D eigenvalue weighted by Crippen LogP contribution is 2.28. The topological polar surface area (TPSA) is 80.3 Å². The largest absolute Gasteiger partial charge is 0.457 e. The first-order valence-electron chi connectivity index (χ1n) is 13.2. The predicted molar refractivity (Wildman–Crippen MR) is 149 cm³/mol. The first-order chi connectivity index (χ1) is 19.7. The van der Waals surface area contributed by atoms with Gasteiger partial charge in [0.1, 0.15) is 29.2 Å². The molecule has 2 unspecified atom stereocenters. The lowest BCUT2D eigenvalue weighted by atomic mass is 10.0. The number of anilines is 1. The van der Waals surface area contributed by atoms with Crippen molar-refractivity contribution in [3.63, 3.8) is 0 Å². The minimum absolute atomic E-state index is 0.00749. The Bertz CT molecular complexity index is 1570. The number of nitrogens with one attached hydrogen (secondary N) is 1. The summed E-state index contributed by atoms with van der Waals surface area (Å²) in [5, 5.41) is 7.09. The van der Waals surface area contributed by atoms with Crippen molar-refractivity contribution in [2.24, 2.45) is 13.0 Å². The average Bonchev–Trinajstić information content (AvgIpc) is 3.56. The Hall–Kier alpha value is -4.86. The molecule has 2 atom stereocenters. The molecule has 1 N–H and O–H groups in total. The van der Waals surface area contributed by atoms with Gasteiger partial charge in [0.25, 0.3) is 12.2 Å². The van der Waals surface area contributed by atoms with Crippen LogP contribution in [0.15, 0.2) is 85.5 Å². The van der Waals surface area contributed by atoms with Gasteiger partial charge in [-0.3, -0.25) is 9.59 Å². The summed E-state index contributed by atoms with van der Waals surface area (Å²) in [5.74, 6) is -0.214. The van der Waals surface area contributed by atoms with Crippen LogP contribution < -0.4 is 14.6 Å². The summed E-state index contributed by atoms with van der Waals surface area (Å²) < 4.78 is 35.7. The molecule has 0 spiro atoms. The van der Waals surface area contributed by atoms with Gasteiger partial charge in [0.15, 0.2) is 6.54 Å². The van der Waals surface area contributed by atoms with E-state index in [0.717, 1.165) is 11.1 Å². The Balaban J connectivity index is 1.29. The van der Waals surface area contributed by atoms with Crippen LogP contribution in [0.5, 0.6) is 11.5 Å². The molecule has 0 aliphatic carbocycles. The lowest BCUT2D eigenvalue weighted by Gasteiger charge is -2.23. The van der Waals surface area contributed by atoms with Crippen molar-refractivity contribution in [3.8, 4) is 11.5 Å². The SMILES string of the molecule is Cc1cc(F)ccc1C=CC1CC(C(=O)Nc2ccc(Oc3ccc(F)cc3)cc2)N(C(=O)Cn2c[n+](C)cn2)C1. The van der Waals surface area contributed by atoms with Crippen LogP contribution in [0.3, 0.4) is 0 Å². The van der Waals surface area contributed by atoms with Crippen molar-refractivity contribution < 1.29 is 27.7 Å². The second kappa shape index (κ2) is 12.1. The van der Waals surface area contributed by atoms with E-state index in [4.69, 9.17) is 4.74 Å². The van der Waals surface area contributed by atoms with Gasteiger partial charge in [-0.25, -0.2) is 13.3 Å². The fraction of sp³-hybridized carbons (Fsp3) is 0.226. The second-order valence-electron chi connectivity index (χ2n) is 10.1. The molecular weight excluding hydrogens is 528 g/mol. The smallest absolute Gasteiger partial charge is 0.264 e. The van der Waals surface area contributed by atoms with Gasteiger partial charge in [0.05, 0.1) is 7.05 Å². The fourth-order valence-corrected chi connectivity index (χ4v) is 4.80. The normalized spacial score (nSPS) is 16.7. The van der Waals surface area contributed by atoms with Crippen molar-refractivity contribution in [1.29, 1.82) is 0 Å². The summed E-state index contributed by atoms with van der Waals surface area (Å²) in [6.07, 6.45) is 7.63. The lowest BCUT2D eigenvalue weighted by molar-refractivity contribution is -0.672. The van der Waals surface area contributed by atoms with Gasteiger partial charge < -0.3 is 15.0 Å². The molecule has 1 fully saturated rings. The Kier molecular flexibility index (Phi) is 8.19. The Labute approximate surface area is 236 Å². The van der Waals surface area contributed by atoms with E-state index in [1.54, 1.807) is 52.5 Å². The van der Waals surface area contributed by atoms with E-state index in [0.29, 0.717) is 30.2 Å². The molecule has 3 aromatic carbocycles. The van der Waals surface area contributed by atoms with Crippen LogP contribution >= 0.6 is 0 Å². The number of hydrogen-bond acceptors (Lipinski definition) is 4. The van der Waals surface area contributed by atoms with E-state index in [1.807, 2.05) is 26.1 Å². The van der Waals surface area contributed by atoms with E-state index >= 15 is 0 Å². The van der Waals surface area contributed by atoms with Gasteiger partial charge in [-0.05, 0) is 91.1 Å². The van der Waals surface area contributed by atoms with Gasteiger partial charge in [0, 0.05) is 17.3 Å². The zero-order chi connectivity index (χ0) is 28.9. The van der Waals surface area contributed by atoms with Crippen molar-refractivity contribution in [3.05, 3.63) is 108 Å². The first-order valence-corrected chi connectivity index (χ1v) is 13.2. The molecule has 4 aromatic rings. The third kappa shape index (κ3) is 7.02. The maximum absolute atomic E-state index is 13.5. The summed E-state index contributed by atoms with van der Waals surface area (Å²) in [6, 6.07) is 16.4. The summed E-state index contributed by atoms with van der Waals surface area (Å²) >= 11 is 0. The van der Waals surface area contributed by atoms with Crippen LogP contribution in [0.2, 0.25) is 0 Å². The molecule has 210 valence electrons. The number of likely N-dealkylation sites (tertiary alicyclic amines) is 1. The predicted octanol–water partition coefficient (Wildman–Crippen LogP) is 4.66. The Morgan fingerprint density at radius 1 is 1.05 bits per heavy atom. The van der Waals surface area contributed by atoms with E-state index in [9.17, 15) is 18.4 Å². The van der Waals surface area contributed by atoms with Crippen LogP contribution in [-0.4, -0.2) is 39.1 Å². The second-order valence-corrected chi connectivity index (χ2v) is 10.1. The number of ether oxygens (including phenoxy) is 1. The number of rotatable bonds is 8. The van der Waals surface area contributed by atoms with E-state index in [2.05, 4.69) is 10.4 Å². The highest BCUT2D eigenvalue weighted by Gasteiger charge is 2.39. The van der Waals surface area contributed by atoms with Crippen LogP contribution in [0.1, 0.15) is 17.5 Å². The molecule has 1 aliphatic heterocycles. The van der Waals surface area contributed by atoms with Gasteiger partial charge in [-0.1, -0.05) is 18.2 Å². The molecule has 8 nitrogen and oxygen atoms in total.